The molecule has 0 aliphatic heterocycles. The zero-order chi connectivity index (χ0) is 21.6. The van der Waals surface area contributed by atoms with E-state index in [1.807, 2.05) is 39.1 Å². The van der Waals surface area contributed by atoms with Gasteiger partial charge >= 0.3 is 6.03 Å². The van der Waals surface area contributed by atoms with Crippen LogP contribution in [0.3, 0.4) is 0 Å². The summed E-state index contributed by atoms with van der Waals surface area (Å²) in [6, 6.07) is 4.18. The number of rotatable bonds is 5. The summed E-state index contributed by atoms with van der Waals surface area (Å²) in [7, 11) is 0. The summed E-state index contributed by atoms with van der Waals surface area (Å²) in [5.41, 5.74) is 7.52. The maximum atomic E-state index is 13.5. The average molecular weight is 428 g/mol. The number of hydrogen-bond acceptors (Lipinski definition) is 5. The SMILES string of the molecule is CC(C)(O)c1csc(SN)c1.CC(C)c1cc(F)cc(C(C)C)c1NC(N)=O. The highest BCUT2D eigenvalue weighted by molar-refractivity contribution is 7.99. The third-order valence-electron chi connectivity index (χ3n) is 4.05. The van der Waals surface area contributed by atoms with E-state index in [-0.39, 0.29) is 17.7 Å². The van der Waals surface area contributed by atoms with Gasteiger partial charge in [0.15, 0.2) is 0 Å². The lowest BCUT2D eigenvalue weighted by atomic mass is 9.92. The van der Waals surface area contributed by atoms with Crippen molar-refractivity contribution in [2.45, 2.75) is 63.2 Å². The number of amides is 2. The Labute approximate surface area is 174 Å². The lowest BCUT2D eigenvalue weighted by Crippen LogP contribution is -2.22. The van der Waals surface area contributed by atoms with E-state index in [1.165, 1.54) is 24.1 Å². The zero-order valence-corrected chi connectivity index (χ0v) is 18.8. The van der Waals surface area contributed by atoms with Gasteiger partial charge in [0.05, 0.1) is 9.81 Å². The first-order valence-corrected chi connectivity index (χ1v) is 10.7. The summed E-state index contributed by atoms with van der Waals surface area (Å²) in [4.78, 5) is 11.0. The number of thiophene rings is 1. The molecule has 0 bridgehead atoms. The van der Waals surface area contributed by atoms with E-state index in [4.69, 9.17) is 10.9 Å². The number of halogens is 1. The summed E-state index contributed by atoms with van der Waals surface area (Å²) >= 11 is 2.77. The van der Waals surface area contributed by atoms with Crippen LogP contribution in [0.15, 0.2) is 27.8 Å². The summed E-state index contributed by atoms with van der Waals surface area (Å²) in [6.45, 7) is 11.3. The van der Waals surface area contributed by atoms with Gasteiger partial charge in [0.2, 0.25) is 0 Å². The highest BCUT2D eigenvalue weighted by Gasteiger charge is 2.18. The molecule has 0 unspecified atom stereocenters. The van der Waals surface area contributed by atoms with Gasteiger partial charge in [-0.2, -0.15) is 0 Å². The largest absolute Gasteiger partial charge is 0.386 e. The number of carbonyl (C=O) groups is 1. The van der Waals surface area contributed by atoms with E-state index < -0.39 is 11.6 Å². The molecule has 6 N–H and O–H groups in total. The second-order valence-corrected chi connectivity index (χ2v) is 9.43. The van der Waals surface area contributed by atoms with Crippen molar-refractivity contribution < 1.29 is 14.3 Å². The predicted octanol–water partition coefficient (Wildman–Crippen LogP) is 5.50. The maximum absolute atomic E-state index is 13.5. The number of urea groups is 1. The van der Waals surface area contributed by atoms with Gasteiger partial charge in [-0.1, -0.05) is 27.7 Å². The molecule has 0 fully saturated rings. The number of carbonyl (C=O) groups excluding carboxylic acids is 1. The molecule has 1 aromatic carbocycles. The molecule has 156 valence electrons. The smallest absolute Gasteiger partial charge is 0.316 e. The van der Waals surface area contributed by atoms with Crippen LogP contribution in [0.2, 0.25) is 0 Å². The number of aliphatic hydroxyl groups is 1. The fourth-order valence-electron chi connectivity index (χ4n) is 2.53. The molecule has 2 aromatic rings. The molecule has 0 saturated heterocycles. The van der Waals surface area contributed by atoms with Crippen LogP contribution in [0.1, 0.15) is 70.1 Å². The normalized spacial score (nSPS) is 11.4. The van der Waals surface area contributed by atoms with Crippen LogP contribution in [-0.2, 0) is 5.60 Å². The Morgan fingerprint density at radius 1 is 1.18 bits per heavy atom. The Balaban J connectivity index is 0.000000307. The first-order valence-electron chi connectivity index (χ1n) is 8.94. The highest BCUT2D eigenvalue weighted by atomic mass is 32.2. The van der Waals surface area contributed by atoms with E-state index in [0.29, 0.717) is 5.69 Å². The topological polar surface area (TPSA) is 101 Å². The van der Waals surface area contributed by atoms with Gasteiger partial charge in [0.1, 0.15) is 5.82 Å². The number of benzene rings is 1. The highest BCUT2D eigenvalue weighted by Crippen LogP contribution is 2.33. The molecule has 2 rings (SSSR count). The van der Waals surface area contributed by atoms with Crippen LogP contribution in [-0.4, -0.2) is 11.1 Å². The van der Waals surface area contributed by atoms with E-state index in [1.54, 1.807) is 25.2 Å². The van der Waals surface area contributed by atoms with Crippen molar-refractivity contribution in [2.24, 2.45) is 10.9 Å². The lowest BCUT2D eigenvalue weighted by Gasteiger charge is -2.19. The van der Waals surface area contributed by atoms with Gasteiger partial charge in [0.25, 0.3) is 0 Å². The van der Waals surface area contributed by atoms with Gasteiger partial charge < -0.3 is 16.2 Å². The van der Waals surface area contributed by atoms with Crippen molar-refractivity contribution in [1.82, 2.24) is 0 Å². The van der Waals surface area contributed by atoms with Gasteiger partial charge in [-0.3, -0.25) is 5.14 Å². The third kappa shape index (κ3) is 7.09. The molecular weight excluding hydrogens is 397 g/mol. The van der Waals surface area contributed by atoms with Gasteiger partial charge in [0, 0.05) is 5.69 Å². The molecule has 8 heteroatoms. The molecule has 0 saturated carbocycles. The number of nitrogens with one attached hydrogen (secondary N) is 1. The lowest BCUT2D eigenvalue weighted by molar-refractivity contribution is 0.0789. The van der Waals surface area contributed by atoms with Crippen LogP contribution in [0, 0.1) is 5.82 Å². The van der Waals surface area contributed by atoms with Crippen LogP contribution < -0.4 is 16.2 Å². The van der Waals surface area contributed by atoms with Gasteiger partial charge in [-0.15, -0.1) is 11.3 Å². The Bertz CT molecular complexity index is 770. The van der Waals surface area contributed by atoms with Crippen LogP contribution in [0.4, 0.5) is 14.9 Å². The summed E-state index contributed by atoms with van der Waals surface area (Å²) < 4.78 is 14.6. The van der Waals surface area contributed by atoms with Crippen molar-refractivity contribution in [3.05, 3.63) is 46.1 Å². The fourth-order valence-corrected chi connectivity index (χ4v) is 3.88. The minimum atomic E-state index is -0.746. The Kier molecular flexibility index (Phi) is 8.94. The van der Waals surface area contributed by atoms with E-state index in [0.717, 1.165) is 20.9 Å². The van der Waals surface area contributed by atoms with Gasteiger partial charge in [-0.25, -0.2) is 9.18 Å². The second kappa shape index (κ2) is 10.2. The van der Waals surface area contributed by atoms with Gasteiger partial charge in [-0.05, 0) is 77.9 Å². The molecule has 0 spiro atoms. The standard InChI is InChI=1S/C13H19FN2O.C7H11NOS2/c1-7(2)10-5-9(14)6-11(8(3)4)12(10)16-13(15)17;1-7(2,9)5-3-6(11-8)10-4-5/h5-8H,1-4H3,(H3,15,16,17);3-4,9H,8H2,1-2H3. The molecule has 0 atom stereocenters. The van der Waals surface area contributed by atoms with E-state index in [9.17, 15) is 14.3 Å². The summed E-state index contributed by atoms with van der Waals surface area (Å²) in [6.07, 6.45) is 0. The van der Waals surface area contributed by atoms with Crippen LogP contribution >= 0.6 is 23.3 Å². The Morgan fingerprint density at radius 2 is 1.68 bits per heavy atom. The van der Waals surface area contributed by atoms with Crippen molar-refractivity contribution in [2.75, 3.05) is 5.32 Å². The summed E-state index contributed by atoms with van der Waals surface area (Å²) in [5, 5.41) is 19.4. The molecular formula is C20H30FN3O2S2. The minimum Gasteiger partial charge on any atom is -0.386 e. The third-order valence-corrected chi connectivity index (χ3v) is 5.70. The summed E-state index contributed by atoms with van der Waals surface area (Å²) in [5.74, 6) is -0.0532. The van der Waals surface area contributed by atoms with Crippen molar-refractivity contribution in [3.8, 4) is 0 Å². The Morgan fingerprint density at radius 3 is 1.96 bits per heavy atom. The molecule has 2 amide bonds. The van der Waals surface area contributed by atoms with Crippen LogP contribution in [0.25, 0.3) is 0 Å². The van der Waals surface area contributed by atoms with Crippen molar-refractivity contribution >= 4 is 35.0 Å². The number of anilines is 1. The van der Waals surface area contributed by atoms with Crippen molar-refractivity contribution in [1.29, 1.82) is 0 Å². The molecule has 0 aliphatic carbocycles. The average Bonchev–Trinajstić information content (AvgIpc) is 3.05. The first-order chi connectivity index (χ1) is 12.9. The zero-order valence-electron chi connectivity index (χ0n) is 17.2. The van der Waals surface area contributed by atoms with E-state index in [2.05, 4.69) is 5.32 Å². The fraction of sp³-hybridized carbons (Fsp3) is 0.450. The molecule has 0 radical (unpaired) electrons. The monoisotopic (exact) mass is 427 g/mol. The quantitative estimate of drug-likeness (QED) is 0.473. The molecule has 5 nitrogen and oxygen atoms in total. The van der Waals surface area contributed by atoms with Crippen molar-refractivity contribution in [3.63, 3.8) is 0 Å². The van der Waals surface area contributed by atoms with E-state index >= 15 is 0 Å². The number of primary amides is 1. The number of nitrogens with two attached hydrogens (primary N) is 2. The number of hydrogen-bond donors (Lipinski definition) is 4. The Hall–Kier alpha value is -1.61. The second-order valence-electron chi connectivity index (χ2n) is 7.59. The molecule has 0 aliphatic rings. The molecule has 1 heterocycles. The molecule has 1 aromatic heterocycles. The van der Waals surface area contributed by atoms with Crippen LogP contribution in [0.5, 0.6) is 0 Å². The minimum absolute atomic E-state index is 0.116. The molecule has 28 heavy (non-hydrogen) atoms. The predicted molar refractivity (Wildman–Crippen MR) is 117 cm³/mol. The maximum Gasteiger partial charge on any atom is 0.316 e. The first kappa shape index (κ1) is 24.4.